The molecule has 170 valence electrons. The Kier molecular flexibility index (Phi) is 7.98. The summed E-state index contributed by atoms with van der Waals surface area (Å²) in [4.78, 5) is 0. The molecule has 0 aliphatic rings. The van der Waals surface area contributed by atoms with Gasteiger partial charge in [0.2, 0.25) is 0 Å². The van der Waals surface area contributed by atoms with Crippen molar-refractivity contribution in [3.8, 4) is 0 Å². The molecule has 5 aromatic rings. The van der Waals surface area contributed by atoms with Crippen molar-refractivity contribution in [1.29, 1.82) is 0 Å². The Morgan fingerprint density at radius 2 is 0.794 bits per heavy atom. The third kappa shape index (κ3) is 4.48. The van der Waals surface area contributed by atoms with Crippen molar-refractivity contribution in [2.45, 2.75) is 5.16 Å². The number of benzene rings is 5. The van der Waals surface area contributed by atoms with Gasteiger partial charge in [0.05, 0.1) is 18.5 Å². The third-order valence-electron chi connectivity index (χ3n) is 6.33. The average Bonchev–Trinajstić information content (AvgIpc) is 2.90. The van der Waals surface area contributed by atoms with Crippen LogP contribution >= 0.6 is 7.92 Å². The number of hydrogen-bond donors (Lipinski definition) is 0. The number of rotatable bonds is 6. The van der Waals surface area contributed by atoms with Gasteiger partial charge in [0.25, 0.3) is 0 Å². The first kappa shape index (κ1) is 24.4. The fourth-order valence-corrected chi connectivity index (χ4v) is 9.34. The van der Waals surface area contributed by atoms with Crippen LogP contribution in [-0.2, 0) is 22.2 Å². The summed E-state index contributed by atoms with van der Waals surface area (Å²) in [5.41, 5.74) is 4.08. The second kappa shape index (κ2) is 11.1. The first-order chi connectivity index (χ1) is 16.3. The van der Waals surface area contributed by atoms with Gasteiger partial charge in [-0.3, -0.25) is 0 Å². The topological polar surface area (TPSA) is 0 Å². The summed E-state index contributed by atoms with van der Waals surface area (Å²) >= 11 is 0. The summed E-state index contributed by atoms with van der Waals surface area (Å²) in [5.74, 6) is 0. The largest absolute Gasteiger partial charge is 0.161 e. The van der Waals surface area contributed by atoms with Crippen molar-refractivity contribution in [2.75, 3.05) is 0 Å². The Morgan fingerprint density at radius 1 is 0.441 bits per heavy atom. The Morgan fingerprint density at radius 3 is 1.21 bits per heavy atom. The molecule has 3 heteroatoms. The van der Waals surface area contributed by atoms with Gasteiger partial charge in [-0.2, -0.15) is 0 Å². The molecule has 2 radical (unpaired) electrons. The summed E-state index contributed by atoms with van der Waals surface area (Å²) in [7, 11) is 0.631. The molecule has 0 nitrogen and oxygen atoms in total. The van der Waals surface area contributed by atoms with Crippen LogP contribution in [0.25, 0.3) is 0 Å². The van der Waals surface area contributed by atoms with Crippen LogP contribution in [0.1, 0.15) is 16.7 Å². The van der Waals surface area contributed by atoms with E-state index in [-0.39, 0.29) is 22.2 Å². The molecule has 34 heavy (non-hydrogen) atoms. The fourth-order valence-electron chi connectivity index (χ4n) is 4.97. The van der Waals surface area contributed by atoms with Gasteiger partial charge in [-0.15, -0.1) is 0 Å². The van der Waals surface area contributed by atoms with E-state index in [2.05, 4.69) is 146 Å². The molecule has 0 spiro atoms. The van der Waals surface area contributed by atoms with Gasteiger partial charge in [0.1, 0.15) is 0 Å². The minimum absolute atomic E-state index is 0. The van der Waals surface area contributed by atoms with Crippen molar-refractivity contribution in [1.82, 2.24) is 0 Å². The molecule has 5 aromatic carbocycles. The van der Waals surface area contributed by atoms with Crippen LogP contribution in [0.5, 0.6) is 0 Å². The quantitative estimate of drug-likeness (QED) is 0.166. The van der Waals surface area contributed by atoms with Crippen LogP contribution in [-0.4, -0.2) is 10.2 Å². The molecule has 0 atom stereocenters. The molecular formula is C31H27CuPSi+. The van der Waals surface area contributed by atoms with Crippen molar-refractivity contribution in [3.63, 3.8) is 0 Å². The summed E-state index contributed by atoms with van der Waals surface area (Å²) in [5, 5.41) is 3.87. The number of hydrogen-bond acceptors (Lipinski definition) is 0. The van der Waals surface area contributed by atoms with E-state index in [9.17, 15) is 0 Å². The van der Waals surface area contributed by atoms with Crippen LogP contribution in [0.2, 0.25) is 0 Å². The minimum atomic E-state index is -1.37. The van der Waals surface area contributed by atoms with E-state index in [1.807, 2.05) is 10.2 Å². The molecule has 0 saturated carbocycles. The summed E-state index contributed by atoms with van der Waals surface area (Å²) < 4.78 is 0. The van der Waals surface area contributed by atoms with Gasteiger partial charge in [-0.25, -0.2) is 0 Å². The molecule has 0 aliphatic heterocycles. The molecule has 0 bridgehead atoms. The van der Waals surface area contributed by atoms with Gasteiger partial charge in [0, 0.05) is 44.0 Å². The summed E-state index contributed by atoms with van der Waals surface area (Å²) in [6, 6.07) is 53.5. The van der Waals surface area contributed by atoms with E-state index >= 15 is 0 Å². The molecule has 0 saturated heterocycles. The first-order valence-corrected chi connectivity index (χ1v) is 13.5. The van der Waals surface area contributed by atoms with Gasteiger partial charge < -0.3 is 0 Å². The molecular weight excluding hydrogens is 495 g/mol. The fraction of sp³-hybridized carbons (Fsp3) is 0.0323. The van der Waals surface area contributed by atoms with Crippen LogP contribution in [0.3, 0.4) is 0 Å². The molecule has 0 fully saturated rings. The molecule has 0 amide bonds. The second-order valence-electron chi connectivity index (χ2n) is 8.25. The predicted octanol–water partition coefficient (Wildman–Crippen LogP) is 5.10. The Hall–Kier alpha value is -2.73. The predicted molar refractivity (Wildman–Crippen MR) is 148 cm³/mol. The van der Waals surface area contributed by atoms with Crippen molar-refractivity contribution in [3.05, 3.63) is 162 Å². The molecule has 0 N–H and O–H groups in total. The standard InChI is InChI=1S/C31H26PSi.Cu/c33-30-24-14-13-23-29(30)31(25-15-5-1-6-16-25,26-17-7-2-8-18-26)32(27-19-9-3-10-20-27)28-21-11-4-12-22-28;/h1-24H,33H2;/p+1. The van der Waals surface area contributed by atoms with Gasteiger partial charge >= 0.3 is 0 Å². The maximum atomic E-state index is 2.35. The monoisotopic (exact) mass is 521 g/mol. The maximum absolute atomic E-state index is 2.35. The molecule has 0 aromatic heterocycles. The first-order valence-electron chi connectivity index (χ1n) is 11.3. The zero-order valence-electron chi connectivity index (χ0n) is 18.9. The zero-order chi connectivity index (χ0) is 22.5. The summed E-state index contributed by atoms with van der Waals surface area (Å²) in [6.45, 7) is 0. The van der Waals surface area contributed by atoms with E-state index in [1.54, 1.807) is 0 Å². The van der Waals surface area contributed by atoms with Crippen LogP contribution < -0.4 is 15.8 Å². The molecule has 0 heterocycles. The Labute approximate surface area is 217 Å². The van der Waals surface area contributed by atoms with E-state index in [0.29, 0.717) is 0 Å². The molecule has 0 aliphatic carbocycles. The SMILES string of the molecule is [Cu].[SiH2]c1ccccc1C(c1ccccc1)(c1ccccc1)[PH+](c1ccccc1)c1ccccc1. The third-order valence-corrected chi connectivity index (χ3v) is 10.4. The van der Waals surface area contributed by atoms with Crippen LogP contribution in [0.4, 0.5) is 0 Å². The Bertz CT molecular complexity index is 1230. The normalized spacial score (nSPS) is 11.1. The van der Waals surface area contributed by atoms with Gasteiger partial charge in [-0.1, -0.05) is 127 Å². The zero-order valence-corrected chi connectivity index (χ0v) is 22.2. The van der Waals surface area contributed by atoms with E-state index in [0.717, 1.165) is 0 Å². The van der Waals surface area contributed by atoms with Crippen molar-refractivity contribution in [2.24, 2.45) is 0 Å². The van der Waals surface area contributed by atoms with Gasteiger partial charge in [-0.05, 0) is 24.3 Å². The van der Waals surface area contributed by atoms with E-state index in [4.69, 9.17) is 0 Å². The molecule has 0 unspecified atom stereocenters. The minimum Gasteiger partial charge on any atom is -0.0635 e. The maximum Gasteiger partial charge on any atom is 0.161 e. The summed E-state index contributed by atoms with van der Waals surface area (Å²) in [6.07, 6.45) is 0. The smallest absolute Gasteiger partial charge is 0.0635 e. The van der Waals surface area contributed by atoms with Crippen LogP contribution in [0.15, 0.2) is 146 Å². The van der Waals surface area contributed by atoms with Crippen molar-refractivity contribution >= 4 is 34.0 Å². The second-order valence-corrected chi connectivity index (χ2v) is 11.7. The van der Waals surface area contributed by atoms with Crippen molar-refractivity contribution < 1.29 is 17.1 Å². The molecule has 5 rings (SSSR count). The van der Waals surface area contributed by atoms with E-state index in [1.165, 1.54) is 32.5 Å². The van der Waals surface area contributed by atoms with Crippen LogP contribution in [0, 0.1) is 0 Å². The van der Waals surface area contributed by atoms with E-state index < -0.39 is 7.92 Å². The average molecular weight is 522 g/mol. The Balaban J connectivity index is 0.00000274. The van der Waals surface area contributed by atoms with Gasteiger partial charge in [0.15, 0.2) is 5.16 Å².